The summed E-state index contributed by atoms with van der Waals surface area (Å²) in [7, 11) is 2.12. The molecule has 0 unspecified atom stereocenters. The second kappa shape index (κ2) is 5.21. The topological polar surface area (TPSA) is 35.6 Å². The molecular weight excluding hydrogens is 238 g/mol. The lowest BCUT2D eigenvalue weighted by Gasteiger charge is -2.20. The van der Waals surface area contributed by atoms with E-state index in [1.165, 1.54) is 11.3 Å². The highest BCUT2D eigenvalue weighted by atomic mass is 16.2. The number of carbonyl (C=O) groups is 1. The highest BCUT2D eigenvalue weighted by Crippen LogP contribution is 2.23. The average Bonchev–Trinajstić information content (AvgIpc) is 3.20. The standard InChI is InChI=1S/C15H21N3O/c1-17-8-9-18(11-15(19)16-13-6-7-13)10-12-4-2-3-5-14(12)17/h2-5,13H,6-11H2,1H3,(H,16,19). The van der Waals surface area contributed by atoms with Gasteiger partial charge in [0, 0.05) is 38.4 Å². The zero-order valence-electron chi connectivity index (χ0n) is 11.4. The van der Waals surface area contributed by atoms with Crippen LogP contribution in [-0.2, 0) is 11.3 Å². The first-order chi connectivity index (χ1) is 9.22. The fraction of sp³-hybridized carbons (Fsp3) is 0.533. The molecule has 1 aliphatic carbocycles. The van der Waals surface area contributed by atoms with Crippen LogP contribution < -0.4 is 10.2 Å². The highest BCUT2D eigenvalue weighted by Gasteiger charge is 2.25. The first kappa shape index (κ1) is 12.5. The molecule has 0 radical (unpaired) electrons. The molecule has 3 rings (SSSR count). The summed E-state index contributed by atoms with van der Waals surface area (Å²) in [5.74, 6) is 0.171. The van der Waals surface area contributed by atoms with E-state index in [0.717, 1.165) is 32.5 Å². The Morgan fingerprint density at radius 1 is 1.32 bits per heavy atom. The van der Waals surface area contributed by atoms with Gasteiger partial charge in [-0.05, 0) is 24.5 Å². The molecule has 1 saturated carbocycles. The number of anilines is 1. The molecule has 19 heavy (non-hydrogen) atoms. The maximum atomic E-state index is 11.9. The Morgan fingerprint density at radius 3 is 2.89 bits per heavy atom. The summed E-state index contributed by atoms with van der Waals surface area (Å²) in [6, 6.07) is 8.91. The summed E-state index contributed by atoms with van der Waals surface area (Å²) in [6.07, 6.45) is 2.30. The summed E-state index contributed by atoms with van der Waals surface area (Å²) in [5.41, 5.74) is 2.59. The van der Waals surface area contributed by atoms with E-state index in [2.05, 4.69) is 46.4 Å². The lowest BCUT2D eigenvalue weighted by Crippen LogP contribution is -2.39. The zero-order valence-corrected chi connectivity index (χ0v) is 11.4. The van der Waals surface area contributed by atoms with Crippen molar-refractivity contribution >= 4 is 11.6 Å². The quantitative estimate of drug-likeness (QED) is 0.886. The molecule has 102 valence electrons. The van der Waals surface area contributed by atoms with E-state index in [1.54, 1.807) is 0 Å². The Labute approximate surface area is 114 Å². The number of hydrogen-bond donors (Lipinski definition) is 1. The fourth-order valence-electron chi connectivity index (χ4n) is 2.59. The Morgan fingerprint density at radius 2 is 2.11 bits per heavy atom. The van der Waals surface area contributed by atoms with E-state index in [4.69, 9.17) is 0 Å². The monoisotopic (exact) mass is 259 g/mol. The third-order valence-electron chi connectivity index (χ3n) is 3.86. The normalized spacial score (nSPS) is 19.7. The second-order valence-corrected chi connectivity index (χ2v) is 5.60. The van der Waals surface area contributed by atoms with Gasteiger partial charge in [-0.15, -0.1) is 0 Å². The van der Waals surface area contributed by atoms with E-state index in [0.29, 0.717) is 12.6 Å². The van der Waals surface area contributed by atoms with Gasteiger partial charge in [0.2, 0.25) is 5.91 Å². The Kier molecular flexibility index (Phi) is 3.42. The van der Waals surface area contributed by atoms with Crippen LogP contribution in [0.15, 0.2) is 24.3 Å². The number of rotatable bonds is 3. The van der Waals surface area contributed by atoms with Crippen LogP contribution in [0.25, 0.3) is 0 Å². The van der Waals surface area contributed by atoms with Crippen LogP contribution in [0.4, 0.5) is 5.69 Å². The molecule has 1 heterocycles. The van der Waals surface area contributed by atoms with E-state index in [-0.39, 0.29) is 5.91 Å². The molecule has 1 aromatic carbocycles. The molecule has 1 aliphatic heterocycles. The molecule has 1 amide bonds. The van der Waals surface area contributed by atoms with Crippen LogP contribution in [-0.4, -0.2) is 43.5 Å². The third-order valence-corrected chi connectivity index (χ3v) is 3.86. The van der Waals surface area contributed by atoms with E-state index >= 15 is 0 Å². The maximum Gasteiger partial charge on any atom is 0.234 e. The molecule has 1 N–H and O–H groups in total. The van der Waals surface area contributed by atoms with Crippen molar-refractivity contribution in [3.8, 4) is 0 Å². The molecule has 0 aromatic heterocycles. The zero-order chi connectivity index (χ0) is 13.2. The molecule has 4 nitrogen and oxygen atoms in total. The molecule has 1 aromatic rings. The van der Waals surface area contributed by atoms with Crippen LogP contribution in [0, 0.1) is 0 Å². The van der Waals surface area contributed by atoms with Crippen molar-refractivity contribution in [1.29, 1.82) is 0 Å². The van der Waals surface area contributed by atoms with Crippen molar-refractivity contribution in [2.45, 2.75) is 25.4 Å². The van der Waals surface area contributed by atoms with Gasteiger partial charge in [0.1, 0.15) is 0 Å². The van der Waals surface area contributed by atoms with E-state index in [1.807, 2.05) is 0 Å². The van der Waals surface area contributed by atoms with Gasteiger partial charge in [-0.25, -0.2) is 0 Å². The molecule has 2 aliphatic rings. The number of carbonyl (C=O) groups excluding carboxylic acids is 1. The average molecular weight is 259 g/mol. The first-order valence-corrected chi connectivity index (χ1v) is 7.03. The van der Waals surface area contributed by atoms with Crippen molar-refractivity contribution in [1.82, 2.24) is 10.2 Å². The number of hydrogen-bond acceptors (Lipinski definition) is 3. The highest BCUT2D eigenvalue weighted by molar-refractivity contribution is 5.78. The van der Waals surface area contributed by atoms with Crippen LogP contribution in [0.1, 0.15) is 18.4 Å². The van der Waals surface area contributed by atoms with Crippen molar-refractivity contribution < 1.29 is 4.79 Å². The number of nitrogens with zero attached hydrogens (tertiary/aromatic N) is 2. The van der Waals surface area contributed by atoms with Crippen molar-refractivity contribution in [2.75, 3.05) is 31.6 Å². The minimum atomic E-state index is 0.171. The van der Waals surface area contributed by atoms with Gasteiger partial charge < -0.3 is 10.2 Å². The largest absolute Gasteiger partial charge is 0.373 e. The minimum Gasteiger partial charge on any atom is -0.373 e. The Balaban J connectivity index is 1.66. The van der Waals surface area contributed by atoms with Gasteiger partial charge in [-0.2, -0.15) is 0 Å². The van der Waals surface area contributed by atoms with Gasteiger partial charge in [0.25, 0.3) is 0 Å². The maximum absolute atomic E-state index is 11.9. The number of benzene rings is 1. The van der Waals surface area contributed by atoms with E-state index < -0.39 is 0 Å². The smallest absolute Gasteiger partial charge is 0.234 e. The van der Waals surface area contributed by atoms with Gasteiger partial charge in [-0.1, -0.05) is 18.2 Å². The summed E-state index contributed by atoms with van der Waals surface area (Å²) in [5, 5.41) is 3.06. The summed E-state index contributed by atoms with van der Waals surface area (Å²) < 4.78 is 0. The van der Waals surface area contributed by atoms with Gasteiger partial charge >= 0.3 is 0 Å². The predicted molar refractivity (Wildman–Crippen MR) is 76.2 cm³/mol. The van der Waals surface area contributed by atoms with Gasteiger partial charge in [0.15, 0.2) is 0 Å². The second-order valence-electron chi connectivity index (χ2n) is 5.60. The van der Waals surface area contributed by atoms with Gasteiger partial charge in [-0.3, -0.25) is 9.69 Å². The van der Waals surface area contributed by atoms with Crippen molar-refractivity contribution in [3.63, 3.8) is 0 Å². The minimum absolute atomic E-state index is 0.171. The molecule has 0 atom stereocenters. The van der Waals surface area contributed by atoms with Gasteiger partial charge in [0.05, 0.1) is 6.54 Å². The number of para-hydroxylation sites is 1. The van der Waals surface area contributed by atoms with Crippen LogP contribution in [0.2, 0.25) is 0 Å². The molecule has 0 bridgehead atoms. The summed E-state index contributed by atoms with van der Waals surface area (Å²) in [6.45, 7) is 3.27. The van der Waals surface area contributed by atoms with Crippen molar-refractivity contribution in [3.05, 3.63) is 29.8 Å². The van der Waals surface area contributed by atoms with Crippen LogP contribution in [0.5, 0.6) is 0 Å². The number of amides is 1. The first-order valence-electron chi connectivity index (χ1n) is 7.03. The SMILES string of the molecule is CN1CCN(CC(=O)NC2CC2)Cc2ccccc21. The summed E-state index contributed by atoms with van der Waals surface area (Å²) >= 11 is 0. The molecule has 1 fully saturated rings. The summed E-state index contributed by atoms with van der Waals surface area (Å²) in [4.78, 5) is 16.4. The van der Waals surface area contributed by atoms with Crippen molar-refractivity contribution in [2.24, 2.45) is 0 Å². The molecule has 4 heteroatoms. The lowest BCUT2D eigenvalue weighted by atomic mass is 10.1. The van der Waals surface area contributed by atoms with Crippen LogP contribution in [0.3, 0.4) is 0 Å². The molecular formula is C15H21N3O. The Hall–Kier alpha value is -1.55. The number of nitrogens with one attached hydrogen (secondary N) is 1. The number of fused-ring (bicyclic) bond motifs is 1. The van der Waals surface area contributed by atoms with E-state index in [9.17, 15) is 4.79 Å². The number of likely N-dealkylation sites (N-methyl/N-ethyl adjacent to an activating group) is 1. The lowest BCUT2D eigenvalue weighted by molar-refractivity contribution is -0.122. The Bertz CT molecular complexity index is 470. The fourth-order valence-corrected chi connectivity index (χ4v) is 2.59. The molecule has 0 saturated heterocycles. The third kappa shape index (κ3) is 3.07. The molecule has 0 spiro atoms. The predicted octanol–water partition coefficient (Wildman–Crippen LogP) is 1.22. The van der Waals surface area contributed by atoms with Crippen LogP contribution >= 0.6 is 0 Å².